The minimum Gasteiger partial charge on any atom is -0.324 e. The van der Waals surface area contributed by atoms with Gasteiger partial charge in [-0.05, 0) is 51.1 Å². The predicted molar refractivity (Wildman–Crippen MR) is 84.5 cm³/mol. The molecular formula is C16H21ClFN3. The van der Waals surface area contributed by atoms with Crippen molar-refractivity contribution < 1.29 is 4.39 Å². The molecule has 1 saturated heterocycles. The van der Waals surface area contributed by atoms with Crippen LogP contribution in [0.15, 0.2) is 18.2 Å². The van der Waals surface area contributed by atoms with E-state index < -0.39 is 0 Å². The topological polar surface area (TPSA) is 21.1 Å². The summed E-state index contributed by atoms with van der Waals surface area (Å²) in [5.74, 6) is 1.27. The van der Waals surface area contributed by atoms with Crippen molar-refractivity contribution in [2.75, 3.05) is 25.5 Å². The average Bonchev–Trinajstić information content (AvgIpc) is 3.06. The molecule has 0 radical (unpaired) electrons. The van der Waals surface area contributed by atoms with Crippen LogP contribution in [0.4, 0.5) is 4.39 Å². The van der Waals surface area contributed by atoms with Crippen molar-refractivity contribution in [1.29, 1.82) is 0 Å². The third-order valence-electron chi connectivity index (χ3n) is 4.20. The van der Waals surface area contributed by atoms with Crippen LogP contribution in [0.2, 0.25) is 0 Å². The summed E-state index contributed by atoms with van der Waals surface area (Å²) in [6.07, 6.45) is 3.27. The average molecular weight is 310 g/mol. The zero-order valence-electron chi connectivity index (χ0n) is 12.4. The van der Waals surface area contributed by atoms with Gasteiger partial charge in [0.05, 0.1) is 11.0 Å². The lowest BCUT2D eigenvalue weighted by atomic mass is 10.2. The molecule has 1 aromatic heterocycles. The molecule has 114 valence electrons. The van der Waals surface area contributed by atoms with Crippen LogP contribution in [0.3, 0.4) is 0 Å². The summed E-state index contributed by atoms with van der Waals surface area (Å²) >= 11 is 5.90. The SMILES string of the molecule is CC(CN1CCCC1)n1c(CCCl)nc2ccc(F)cc21. The van der Waals surface area contributed by atoms with Crippen molar-refractivity contribution >= 4 is 22.6 Å². The minimum absolute atomic E-state index is 0.213. The predicted octanol–water partition coefficient (Wildman–Crippen LogP) is 3.61. The molecule has 1 fully saturated rings. The fourth-order valence-corrected chi connectivity index (χ4v) is 3.46. The van der Waals surface area contributed by atoms with Gasteiger partial charge in [0, 0.05) is 24.9 Å². The molecule has 2 heterocycles. The van der Waals surface area contributed by atoms with Crippen molar-refractivity contribution in [2.24, 2.45) is 0 Å². The highest BCUT2D eigenvalue weighted by Crippen LogP contribution is 2.24. The first kappa shape index (κ1) is 14.8. The summed E-state index contributed by atoms with van der Waals surface area (Å²) in [6, 6.07) is 5.07. The second-order valence-electron chi connectivity index (χ2n) is 5.83. The number of hydrogen-bond donors (Lipinski definition) is 0. The second kappa shape index (κ2) is 6.32. The van der Waals surface area contributed by atoms with Crippen molar-refractivity contribution in [3.8, 4) is 0 Å². The monoisotopic (exact) mass is 309 g/mol. The fraction of sp³-hybridized carbons (Fsp3) is 0.562. The van der Waals surface area contributed by atoms with Crippen molar-refractivity contribution in [3.05, 3.63) is 29.8 Å². The lowest BCUT2D eigenvalue weighted by Crippen LogP contribution is -2.28. The Kier molecular flexibility index (Phi) is 4.45. The molecule has 0 amide bonds. The first-order valence-electron chi connectivity index (χ1n) is 7.63. The molecule has 1 atom stereocenters. The number of fused-ring (bicyclic) bond motifs is 1. The molecule has 2 aromatic rings. The molecule has 1 aromatic carbocycles. The molecule has 1 unspecified atom stereocenters. The molecule has 3 nitrogen and oxygen atoms in total. The van der Waals surface area contributed by atoms with Gasteiger partial charge >= 0.3 is 0 Å². The zero-order chi connectivity index (χ0) is 14.8. The fourth-order valence-electron chi connectivity index (χ4n) is 3.29. The van der Waals surface area contributed by atoms with Crippen LogP contribution in [0.1, 0.15) is 31.6 Å². The van der Waals surface area contributed by atoms with Gasteiger partial charge in [0.15, 0.2) is 0 Å². The standard InChI is InChI=1S/C16H21ClFN3/c1-12(11-20-8-2-3-9-20)21-15-10-13(18)4-5-14(15)19-16(21)6-7-17/h4-5,10,12H,2-3,6-9,11H2,1H3. The summed E-state index contributed by atoms with van der Waals surface area (Å²) in [6.45, 7) is 5.49. The molecule has 0 saturated carbocycles. The molecule has 5 heteroatoms. The first-order chi connectivity index (χ1) is 10.2. The van der Waals surface area contributed by atoms with Gasteiger partial charge in [-0.2, -0.15) is 0 Å². The summed E-state index contributed by atoms with van der Waals surface area (Å²) in [5, 5.41) is 0. The van der Waals surface area contributed by atoms with Crippen LogP contribution < -0.4 is 0 Å². The highest BCUT2D eigenvalue weighted by molar-refractivity contribution is 6.17. The van der Waals surface area contributed by atoms with Gasteiger partial charge in [-0.3, -0.25) is 0 Å². The van der Waals surface area contributed by atoms with Gasteiger partial charge in [-0.1, -0.05) is 0 Å². The lowest BCUT2D eigenvalue weighted by molar-refractivity contribution is 0.288. The Bertz CT molecular complexity index is 619. The second-order valence-corrected chi connectivity index (χ2v) is 6.20. The minimum atomic E-state index is -0.213. The third-order valence-corrected chi connectivity index (χ3v) is 4.39. The number of halogens is 2. The largest absolute Gasteiger partial charge is 0.324 e. The Morgan fingerprint density at radius 1 is 1.33 bits per heavy atom. The van der Waals surface area contributed by atoms with E-state index in [0.29, 0.717) is 12.3 Å². The summed E-state index contributed by atoms with van der Waals surface area (Å²) in [5.41, 5.74) is 1.73. The Morgan fingerprint density at radius 2 is 2.10 bits per heavy atom. The summed E-state index contributed by atoms with van der Waals surface area (Å²) in [7, 11) is 0. The molecule has 0 bridgehead atoms. The van der Waals surface area contributed by atoms with Crippen molar-refractivity contribution in [2.45, 2.75) is 32.2 Å². The first-order valence-corrected chi connectivity index (χ1v) is 8.17. The molecule has 0 spiro atoms. The van der Waals surface area contributed by atoms with Gasteiger partial charge in [-0.25, -0.2) is 9.37 Å². The van der Waals surface area contributed by atoms with Gasteiger partial charge in [0.1, 0.15) is 11.6 Å². The number of likely N-dealkylation sites (tertiary alicyclic amines) is 1. The van der Waals surface area contributed by atoms with E-state index in [-0.39, 0.29) is 11.9 Å². The quantitative estimate of drug-likeness (QED) is 0.787. The summed E-state index contributed by atoms with van der Waals surface area (Å²) < 4.78 is 15.8. The number of imidazole rings is 1. The molecule has 1 aliphatic rings. The van der Waals surface area contributed by atoms with Crippen LogP contribution in [-0.4, -0.2) is 40.0 Å². The van der Waals surface area contributed by atoms with Crippen LogP contribution in [0.25, 0.3) is 11.0 Å². The van der Waals surface area contributed by atoms with E-state index in [4.69, 9.17) is 11.6 Å². The number of rotatable bonds is 5. The van der Waals surface area contributed by atoms with Crippen LogP contribution in [0.5, 0.6) is 0 Å². The highest BCUT2D eigenvalue weighted by Gasteiger charge is 2.20. The maximum absolute atomic E-state index is 13.6. The maximum Gasteiger partial charge on any atom is 0.125 e. The number of aromatic nitrogens is 2. The molecule has 3 rings (SSSR count). The number of nitrogens with zero attached hydrogens (tertiary/aromatic N) is 3. The van der Waals surface area contributed by atoms with E-state index in [1.54, 1.807) is 12.1 Å². The third kappa shape index (κ3) is 3.06. The summed E-state index contributed by atoms with van der Waals surface area (Å²) in [4.78, 5) is 7.10. The molecule has 0 N–H and O–H groups in total. The number of alkyl halides is 1. The van der Waals surface area contributed by atoms with Gasteiger partial charge < -0.3 is 9.47 Å². The number of hydrogen-bond acceptors (Lipinski definition) is 2. The lowest BCUT2D eigenvalue weighted by Gasteiger charge is -2.23. The number of aryl methyl sites for hydroxylation is 1. The van der Waals surface area contributed by atoms with Gasteiger partial charge in [-0.15, -0.1) is 11.6 Å². The molecule has 1 aliphatic heterocycles. The maximum atomic E-state index is 13.6. The van der Waals surface area contributed by atoms with Crippen LogP contribution in [0, 0.1) is 5.82 Å². The zero-order valence-corrected chi connectivity index (χ0v) is 13.1. The smallest absolute Gasteiger partial charge is 0.125 e. The van der Waals surface area contributed by atoms with Crippen molar-refractivity contribution in [3.63, 3.8) is 0 Å². The van der Waals surface area contributed by atoms with E-state index in [2.05, 4.69) is 21.4 Å². The Hall–Kier alpha value is -1.13. The Labute approximate surface area is 129 Å². The van der Waals surface area contributed by atoms with Gasteiger partial charge in [0.25, 0.3) is 0 Å². The molecular weight excluding hydrogens is 289 g/mol. The van der Waals surface area contributed by atoms with Gasteiger partial charge in [0.2, 0.25) is 0 Å². The molecule has 0 aliphatic carbocycles. The highest BCUT2D eigenvalue weighted by atomic mass is 35.5. The Morgan fingerprint density at radius 3 is 2.81 bits per heavy atom. The Balaban J connectivity index is 1.96. The van der Waals surface area contributed by atoms with E-state index >= 15 is 0 Å². The van der Waals surface area contributed by atoms with E-state index in [1.165, 1.54) is 18.9 Å². The normalized spacial score (nSPS) is 17.7. The van der Waals surface area contributed by atoms with E-state index in [9.17, 15) is 4.39 Å². The van der Waals surface area contributed by atoms with E-state index in [0.717, 1.165) is 36.5 Å². The number of benzene rings is 1. The van der Waals surface area contributed by atoms with Crippen molar-refractivity contribution in [1.82, 2.24) is 14.5 Å². The van der Waals surface area contributed by atoms with Crippen LogP contribution >= 0.6 is 11.6 Å². The van der Waals surface area contributed by atoms with E-state index in [1.807, 2.05) is 0 Å². The van der Waals surface area contributed by atoms with Crippen LogP contribution in [-0.2, 0) is 6.42 Å². The molecule has 21 heavy (non-hydrogen) atoms.